The van der Waals surface area contributed by atoms with Crippen LogP contribution in [0, 0.1) is 5.41 Å². The van der Waals surface area contributed by atoms with Crippen molar-refractivity contribution in [1.82, 2.24) is 29.1 Å². The summed E-state index contributed by atoms with van der Waals surface area (Å²) in [7, 11) is 3.41. The van der Waals surface area contributed by atoms with Crippen LogP contribution in [-0.4, -0.2) is 77.7 Å². The molecule has 4 aromatic heterocycles. The minimum Gasteiger partial charge on any atom is -0.396 e. The summed E-state index contributed by atoms with van der Waals surface area (Å²) in [6.07, 6.45) is 9.41. The lowest BCUT2D eigenvalue weighted by Gasteiger charge is -2.47. The van der Waals surface area contributed by atoms with Gasteiger partial charge >= 0.3 is 0 Å². The molecule has 3 fully saturated rings. The number of pyridine rings is 2. The number of aryl methyl sites for hydroxylation is 2. The Morgan fingerprint density at radius 2 is 1.15 bits per heavy atom. The Morgan fingerprint density at radius 3 is 1.59 bits per heavy atom. The molecule has 0 unspecified atom stereocenters. The van der Waals surface area contributed by atoms with E-state index in [2.05, 4.69) is 30.6 Å². The van der Waals surface area contributed by atoms with Crippen molar-refractivity contribution in [3.8, 4) is 22.3 Å². The van der Waals surface area contributed by atoms with Crippen LogP contribution in [0.5, 0.6) is 0 Å². The summed E-state index contributed by atoms with van der Waals surface area (Å²) in [5, 5.41) is 18.8. The van der Waals surface area contributed by atoms with Crippen LogP contribution >= 0.6 is 23.2 Å². The maximum Gasteiger partial charge on any atom is 0.259 e. The maximum atomic E-state index is 13.1. The maximum absolute atomic E-state index is 13.1. The van der Waals surface area contributed by atoms with Gasteiger partial charge in [-0.25, -0.2) is 9.97 Å². The number of halogens is 2. The SMILES string of the molecule is Cn1c(=O)c(-c2ccccc2Cl)cc2cnc(NC3CCC(=O)CC3)nc21.Cn1c(=O)c(-c2ccccc2Cl)cc2cnc(NC3CCC4(CC3)OCC(C)(CO)CO4)nc21. The van der Waals surface area contributed by atoms with Crippen molar-refractivity contribution in [1.29, 1.82) is 0 Å². The number of nitrogens with zero attached hydrogens (tertiary/aromatic N) is 6. The van der Waals surface area contributed by atoms with Crippen LogP contribution in [0.2, 0.25) is 10.0 Å². The predicted molar refractivity (Wildman–Crippen MR) is 237 cm³/mol. The highest BCUT2D eigenvalue weighted by atomic mass is 35.5. The third kappa shape index (κ3) is 9.05. The van der Waals surface area contributed by atoms with Gasteiger partial charge in [-0.2, -0.15) is 9.97 Å². The quantitative estimate of drug-likeness (QED) is 0.146. The zero-order valence-electron chi connectivity index (χ0n) is 34.3. The molecule has 16 heteroatoms. The van der Waals surface area contributed by atoms with Crippen molar-refractivity contribution < 1.29 is 19.4 Å². The Hall–Kier alpha value is -5.25. The van der Waals surface area contributed by atoms with E-state index in [1.165, 1.54) is 4.57 Å². The smallest absolute Gasteiger partial charge is 0.259 e. The number of carbonyl (C=O) groups excluding carboxylic acids is 1. The molecule has 1 saturated heterocycles. The Morgan fingerprint density at radius 1 is 0.705 bits per heavy atom. The van der Waals surface area contributed by atoms with E-state index in [-0.39, 0.29) is 35.2 Å². The van der Waals surface area contributed by atoms with Crippen molar-refractivity contribution in [2.45, 2.75) is 76.2 Å². The minimum atomic E-state index is -0.559. The van der Waals surface area contributed by atoms with E-state index in [1.807, 2.05) is 43.3 Å². The summed E-state index contributed by atoms with van der Waals surface area (Å²) in [6, 6.07) is 18.5. The number of nitrogens with one attached hydrogen (secondary N) is 2. The topological polar surface area (TPSA) is 175 Å². The van der Waals surface area contributed by atoms with Crippen LogP contribution < -0.4 is 21.8 Å². The number of benzene rings is 2. The average molecular weight is 868 g/mol. The first-order chi connectivity index (χ1) is 29.3. The molecule has 3 aliphatic rings. The molecule has 1 spiro atoms. The van der Waals surface area contributed by atoms with Gasteiger partial charge in [-0.05, 0) is 49.9 Å². The fourth-order valence-corrected chi connectivity index (χ4v) is 8.58. The minimum absolute atomic E-state index is 0.0505. The second kappa shape index (κ2) is 17.6. The number of Topliss-reactive ketones (excluding diaryl/α,β-unsaturated/α-hetero) is 1. The van der Waals surface area contributed by atoms with Crippen LogP contribution in [0.1, 0.15) is 58.3 Å². The van der Waals surface area contributed by atoms with E-state index in [9.17, 15) is 19.5 Å². The highest BCUT2D eigenvalue weighted by Crippen LogP contribution is 2.40. The molecule has 1 aliphatic heterocycles. The monoisotopic (exact) mass is 866 g/mol. The number of hydrogen-bond acceptors (Lipinski definition) is 12. The fourth-order valence-electron chi connectivity index (χ4n) is 8.10. The van der Waals surface area contributed by atoms with E-state index >= 15 is 0 Å². The molecule has 0 atom stereocenters. The number of anilines is 2. The molecule has 0 radical (unpaired) electrons. The largest absolute Gasteiger partial charge is 0.396 e. The molecule has 318 valence electrons. The molecule has 9 rings (SSSR count). The van der Waals surface area contributed by atoms with Crippen LogP contribution in [0.25, 0.3) is 44.3 Å². The summed E-state index contributed by atoms with van der Waals surface area (Å²) in [4.78, 5) is 55.4. The van der Waals surface area contributed by atoms with Crippen LogP contribution in [-0.2, 0) is 28.4 Å². The molecule has 0 amide bonds. The summed E-state index contributed by atoms with van der Waals surface area (Å²) >= 11 is 12.6. The van der Waals surface area contributed by atoms with Crippen LogP contribution in [0.3, 0.4) is 0 Å². The molecule has 0 bridgehead atoms. The number of aromatic nitrogens is 6. The van der Waals surface area contributed by atoms with Gasteiger partial charge in [0.1, 0.15) is 17.1 Å². The molecule has 2 aromatic carbocycles. The lowest BCUT2D eigenvalue weighted by molar-refractivity contribution is -0.316. The number of aliphatic hydroxyl groups excluding tert-OH is 1. The molecule has 5 heterocycles. The first-order valence-corrected chi connectivity index (χ1v) is 21.3. The van der Waals surface area contributed by atoms with E-state index in [0.717, 1.165) is 49.3 Å². The highest BCUT2D eigenvalue weighted by molar-refractivity contribution is 6.33. The Labute approximate surface area is 362 Å². The first-order valence-electron chi connectivity index (χ1n) is 20.5. The molecule has 2 saturated carbocycles. The molecule has 2 aliphatic carbocycles. The van der Waals surface area contributed by atoms with E-state index in [1.54, 1.807) is 55.3 Å². The number of aliphatic hydroxyl groups is 1. The van der Waals surface area contributed by atoms with Gasteiger partial charge in [0.05, 0.1) is 19.8 Å². The number of hydrogen-bond donors (Lipinski definition) is 3. The number of rotatable bonds is 7. The summed E-state index contributed by atoms with van der Waals surface area (Å²) in [6.45, 7) is 3.02. The van der Waals surface area contributed by atoms with Gasteiger partial charge in [-0.3, -0.25) is 23.5 Å². The second-order valence-electron chi connectivity index (χ2n) is 16.6. The molecular formula is C45H48Cl2N8O6. The first kappa shape index (κ1) is 42.4. The standard InChI is InChI=1S/C25H29ClN4O4.C20H19ClN4O2/c1-24(13-31)14-33-25(34-15-24)9-7-17(8-10-25)28-23-27-12-16-11-19(18-5-3-4-6-20(18)26)22(32)30(2)21(16)29-23;1-25-18-12(10-16(19(25)27)15-4-2-3-5-17(15)21)11-22-20(24-18)23-13-6-8-14(26)9-7-13/h3-6,11-12,17,31H,7-10,13-15H2,1-2H3,(H,27,28,29);2-5,10-11,13H,6-9H2,1H3,(H,22,23,24). The average Bonchev–Trinajstić information content (AvgIpc) is 3.27. The Bertz CT molecular complexity index is 2710. The number of fused-ring (bicyclic) bond motifs is 2. The zero-order chi connectivity index (χ0) is 42.9. The van der Waals surface area contributed by atoms with E-state index in [4.69, 9.17) is 32.7 Å². The number of carbonyl (C=O) groups is 1. The van der Waals surface area contributed by atoms with Crippen molar-refractivity contribution >= 4 is 62.9 Å². The van der Waals surface area contributed by atoms with Gasteiger partial charge in [0.15, 0.2) is 5.79 Å². The van der Waals surface area contributed by atoms with Crippen molar-refractivity contribution in [3.63, 3.8) is 0 Å². The van der Waals surface area contributed by atoms with Gasteiger partial charge in [0.2, 0.25) is 11.9 Å². The lowest BCUT2D eigenvalue weighted by Crippen LogP contribution is -2.52. The Balaban J connectivity index is 0.000000173. The van der Waals surface area contributed by atoms with Crippen LogP contribution in [0.4, 0.5) is 11.9 Å². The molecular weight excluding hydrogens is 819 g/mol. The summed E-state index contributed by atoms with van der Waals surface area (Å²) < 4.78 is 15.2. The van der Waals surface area contributed by atoms with Gasteiger partial charge in [-0.15, -0.1) is 0 Å². The normalized spacial score (nSPS) is 21.9. The third-order valence-electron chi connectivity index (χ3n) is 11.9. The van der Waals surface area contributed by atoms with Gasteiger partial charge in [0.25, 0.3) is 11.1 Å². The fraction of sp³-hybridized carbons (Fsp3) is 0.400. The zero-order valence-corrected chi connectivity index (χ0v) is 35.8. The number of ether oxygens (including phenoxy) is 2. The predicted octanol–water partition coefficient (Wildman–Crippen LogP) is 7.32. The van der Waals surface area contributed by atoms with Crippen molar-refractivity contribution in [3.05, 3.63) is 104 Å². The molecule has 14 nitrogen and oxygen atoms in total. The molecule has 3 N–H and O–H groups in total. The second-order valence-corrected chi connectivity index (χ2v) is 17.4. The number of ketones is 1. The summed E-state index contributed by atoms with van der Waals surface area (Å²) in [5.41, 5.74) is 2.88. The van der Waals surface area contributed by atoms with Crippen molar-refractivity contribution in [2.75, 3.05) is 30.5 Å². The summed E-state index contributed by atoms with van der Waals surface area (Å²) in [5.74, 6) is 0.715. The van der Waals surface area contributed by atoms with Gasteiger partial charge in [-0.1, -0.05) is 66.5 Å². The lowest BCUT2D eigenvalue weighted by atomic mass is 9.86. The van der Waals surface area contributed by atoms with E-state index < -0.39 is 5.79 Å². The van der Waals surface area contributed by atoms with E-state index in [0.29, 0.717) is 87.3 Å². The van der Waals surface area contributed by atoms with Crippen LogP contribution in [0.15, 0.2) is 82.6 Å². The van der Waals surface area contributed by atoms with Crippen molar-refractivity contribution in [2.24, 2.45) is 19.5 Å². The highest BCUT2D eigenvalue weighted by Gasteiger charge is 2.44. The molecule has 61 heavy (non-hydrogen) atoms. The van der Waals surface area contributed by atoms with Gasteiger partial charge in [0, 0.05) is 113 Å². The molecule has 6 aromatic rings. The Kier molecular flexibility index (Phi) is 12.3. The van der Waals surface area contributed by atoms with Gasteiger partial charge < -0.3 is 25.2 Å². The third-order valence-corrected chi connectivity index (χ3v) is 12.6.